The molecule has 7 nitrogen and oxygen atoms in total. The third kappa shape index (κ3) is 3.30. The molecular weight excluding hydrogens is 328 g/mol. The molecule has 0 radical (unpaired) electrons. The molecule has 1 fully saturated rings. The predicted molar refractivity (Wildman–Crippen MR) is 75.3 cm³/mol. The van der Waals surface area contributed by atoms with Crippen LogP contribution in [0, 0.1) is 5.41 Å². The topological polar surface area (TPSA) is 87.5 Å². The van der Waals surface area contributed by atoms with E-state index < -0.39 is 11.4 Å². The number of carboxylic acids is 1. The number of carboxylic acid groups (broad SMARTS) is 1. The van der Waals surface area contributed by atoms with E-state index >= 15 is 0 Å². The van der Waals surface area contributed by atoms with Crippen LogP contribution < -0.4 is 5.32 Å². The van der Waals surface area contributed by atoms with Crippen molar-refractivity contribution in [3.05, 3.63) is 16.9 Å². The quantitative estimate of drug-likeness (QED) is 0.857. The van der Waals surface area contributed by atoms with Crippen molar-refractivity contribution in [1.82, 2.24) is 20.0 Å². The second-order valence-electron chi connectivity index (χ2n) is 5.19. The highest BCUT2D eigenvalue weighted by atomic mass is 79.9. The molecule has 2 N–H and O–H groups in total. The van der Waals surface area contributed by atoms with Crippen LogP contribution in [-0.2, 0) is 11.3 Å². The van der Waals surface area contributed by atoms with Gasteiger partial charge in [0.25, 0.3) is 0 Å². The summed E-state index contributed by atoms with van der Waals surface area (Å²) < 4.78 is 2.61. The molecule has 0 spiro atoms. The summed E-state index contributed by atoms with van der Waals surface area (Å²) in [5, 5.41) is 16.0. The molecule has 0 saturated carbocycles. The number of aromatic nitrogens is 2. The van der Waals surface area contributed by atoms with Gasteiger partial charge in [0.15, 0.2) is 0 Å². The predicted octanol–water partition coefficient (Wildman–Crippen LogP) is 1.15. The van der Waals surface area contributed by atoms with Crippen LogP contribution in [0.5, 0.6) is 0 Å². The molecule has 0 aromatic carbocycles. The maximum absolute atomic E-state index is 11.9. The fraction of sp³-hybridized carbons (Fsp3) is 0.583. The van der Waals surface area contributed by atoms with E-state index in [9.17, 15) is 9.59 Å². The van der Waals surface area contributed by atoms with Crippen LogP contribution in [0.15, 0.2) is 16.9 Å². The van der Waals surface area contributed by atoms with Gasteiger partial charge < -0.3 is 15.3 Å². The number of carbonyl (C=O) groups is 2. The molecule has 2 rings (SSSR count). The number of carbonyl (C=O) groups excluding carboxylic acids is 1. The lowest BCUT2D eigenvalue weighted by molar-refractivity contribution is -0.146. The summed E-state index contributed by atoms with van der Waals surface area (Å²) in [6.07, 6.45) is 3.99. The number of amides is 2. The van der Waals surface area contributed by atoms with Gasteiger partial charge in [0, 0.05) is 25.8 Å². The average Bonchev–Trinajstić information content (AvgIpc) is 2.97. The Kier molecular flexibility index (Phi) is 4.32. The standard InChI is InChI=1S/C12H17BrN4O3/c1-12(10(18)19)2-4-16(8-12)11(20)14-3-5-17-7-9(13)6-15-17/h6-7H,2-5,8H2,1H3,(H,14,20)(H,18,19). The minimum Gasteiger partial charge on any atom is -0.481 e. The van der Waals surface area contributed by atoms with Gasteiger partial charge in [-0.3, -0.25) is 9.48 Å². The van der Waals surface area contributed by atoms with Crippen LogP contribution in [0.2, 0.25) is 0 Å². The lowest BCUT2D eigenvalue weighted by Crippen LogP contribution is -2.41. The fourth-order valence-corrected chi connectivity index (χ4v) is 2.49. The summed E-state index contributed by atoms with van der Waals surface area (Å²) in [4.78, 5) is 24.6. The summed E-state index contributed by atoms with van der Waals surface area (Å²) >= 11 is 3.30. The van der Waals surface area contributed by atoms with Crippen molar-refractivity contribution < 1.29 is 14.7 Å². The summed E-state index contributed by atoms with van der Waals surface area (Å²) in [6, 6.07) is -0.221. The number of urea groups is 1. The Morgan fingerprint density at radius 1 is 1.60 bits per heavy atom. The average molecular weight is 345 g/mol. The van der Waals surface area contributed by atoms with E-state index in [1.807, 2.05) is 6.20 Å². The Labute approximate surface area is 125 Å². The zero-order valence-corrected chi connectivity index (χ0v) is 12.8. The van der Waals surface area contributed by atoms with E-state index in [1.54, 1.807) is 22.7 Å². The van der Waals surface area contributed by atoms with Crippen LogP contribution in [0.4, 0.5) is 4.79 Å². The normalized spacial score (nSPS) is 22.0. The van der Waals surface area contributed by atoms with Crippen molar-refractivity contribution in [2.24, 2.45) is 5.41 Å². The molecule has 0 aliphatic carbocycles. The van der Waals surface area contributed by atoms with Crippen LogP contribution >= 0.6 is 15.9 Å². The first-order chi connectivity index (χ1) is 9.40. The number of likely N-dealkylation sites (tertiary alicyclic amines) is 1. The Morgan fingerprint density at radius 3 is 2.90 bits per heavy atom. The van der Waals surface area contributed by atoms with E-state index in [0.29, 0.717) is 26.1 Å². The minimum atomic E-state index is -0.853. The molecule has 8 heteroatoms. The van der Waals surface area contributed by atoms with Crippen molar-refractivity contribution in [2.75, 3.05) is 19.6 Å². The summed E-state index contributed by atoms with van der Waals surface area (Å²) in [6.45, 7) is 3.42. The van der Waals surface area contributed by atoms with Crippen LogP contribution in [0.25, 0.3) is 0 Å². The number of aliphatic carboxylic acids is 1. The zero-order chi connectivity index (χ0) is 14.8. The minimum absolute atomic E-state index is 0.221. The molecule has 1 aliphatic heterocycles. The molecule has 20 heavy (non-hydrogen) atoms. The molecule has 1 atom stereocenters. The second kappa shape index (κ2) is 5.82. The molecule has 0 bridgehead atoms. The van der Waals surface area contributed by atoms with Crippen LogP contribution in [0.1, 0.15) is 13.3 Å². The summed E-state index contributed by atoms with van der Waals surface area (Å²) in [5.41, 5.74) is -0.829. The molecule has 1 unspecified atom stereocenters. The highest BCUT2D eigenvalue weighted by Gasteiger charge is 2.42. The number of hydrogen-bond donors (Lipinski definition) is 2. The lowest BCUT2D eigenvalue weighted by Gasteiger charge is -2.20. The van der Waals surface area contributed by atoms with Gasteiger partial charge in [-0.2, -0.15) is 5.10 Å². The Bertz CT molecular complexity index is 519. The molecule has 1 aliphatic rings. The molecule has 110 valence electrons. The number of hydrogen-bond acceptors (Lipinski definition) is 3. The molecule has 1 aromatic rings. The summed E-state index contributed by atoms with van der Waals surface area (Å²) in [7, 11) is 0. The second-order valence-corrected chi connectivity index (χ2v) is 6.11. The van der Waals surface area contributed by atoms with Crippen molar-refractivity contribution in [1.29, 1.82) is 0 Å². The van der Waals surface area contributed by atoms with Gasteiger partial charge in [0.1, 0.15) is 0 Å². The maximum Gasteiger partial charge on any atom is 0.317 e. The number of rotatable bonds is 4. The highest BCUT2D eigenvalue weighted by Crippen LogP contribution is 2.29. The fourth-order valence-electron chi connectivity index (χ4n) is 2.16. The van der Waals surface area contributed by atoms with Crippen LogP contribution in [0.3, 0.4) is 0 Å². The Hall–Kier alpha value is -1.57. The third-order valence-corrected chi connectivity index (χ3v) is 3.91. The first-order valence-corrected chi connectivity index (χ1v) is 7.14. The van der Waals surface area contributed by atoms with E-state index in [0.717, 1.165) is 4.47 Å². The van der Waals surface area contributed by atoms with E-state index in [-0.39, 0.29) is 12.6 Å². The Morgan fingerprint density at radius 2 is 2.35 bits per heavy atom. The lowest BCUT2D eigenvalue weighted by atomic mass is 9.90. The summed E-state index contributed by atoms with van der Waals surface area (Å²) in [5.74, 6) is -0.853. The maximum atomic E-state index is 11.9. The first kappa shape index (κ1) is 14.8. The highest BCUT2D eigenvalue weighted by molar-refractivity contribution is 9.10. The molecule has 2 amide bonds. The zero-order valence-electron chi connectivity index (χ0n) is 11.2. The van der Waals surface area contributed by atoms with Gasteiger partial charge in [-0.05, 0) is 29.3 Å². The monoisotopic (exact) mass is 344 g/mol. The van der Waals surface area contributed by atoms with Crippen molar-refractivity contribution in [3.63, 3.8) is 0 Å². The number of halogens is 1. The van der Waals surface area contributed by atoms with E-state index in [1.165, 1.54) is 0 Å². The SMILES string of the molecule is CC1(C(=O)O)CCN(C(=O)NCCn2cc(Br)cn2)C1. The molecule has 1 aromatic heterocycles. The molecular formula is C12H17BrN4O3. The molecule has 2 heterocycles. The third-order valence-electron chi connectivity index (χ3n) is 3.50. The first-order valence-electron chi connectivity index (χ1n) is 6.35. The van der Waals surface area contributed by atoms with E-state index in [2.05, 4.69) is 26.3 Å². The number of nitrogens with zero attached hydrogens (tertiary/aromatic N) is 3. The van der Waals surface area contributed by atoms with Gasteiger partial charge in [-0.15, -0.1) is 0 Å². The van der Waals surface area contributed by atoms with Crippen molar-refractivity contribution in [2.45, 2.75) is 19.9 Å². The van der Waals surface area contributed by atoms with Gasteiger partial charge in [-0.1, -0.05) is 0 Å². The molecule has 1 saturated heterocycles. The van der Waals surface area contributed by atoms with Gasteiger partial charge in [0.05, 0.1) is 22.6 Å². The smallest absolute Gasteiger partial charge is 0.317 e. The van der Waals surface area contributed by atoms with Gasteiger partial charge in [0.2, 0.25) is 0 Å². The number of nitrogens with one attached hydrogen (secondary N) is 1. The van der Waals surface area contributed by atoms with Gasteiger partial charge in [-0.25, -0.2) is 4.79 Å². The van der Waals surface area contributed by atoms with Crippen molar-refractivity contribution >= 4 is 27.9 Å². The van der Waals surface area contributed by atoms with E-state index in [4.69, 9.17) is 5.11 Å². The van der Waals surface area contributed by atoms with Crippen molar-refractivity contribution in [3.8, 4) is 0 Å². The largest absolute Gasteiger partial charge is 0.481 e. The van der Waals surface area contributed by atoms with Crippen LogP contribution in [-0.4, -0.2) is 51.4 Å². The Balaban J connectivity index is 1.77. The van der Waals surface area contributed by atoms with Gasteiger partial charge >= 0.3 is 12.0 Å².